The number of ether oxygens (including phenoxy) is 8. The average molecular weight is 1500 g/mol. The van der Waals surface area contributed by atoms with E-state index < -0.39 is 246 Å². The number of aliphatic hydroxyl groups is 12. The topological polar surface area (TPSA) is 511 Å². The van der Waals surface area contributed by atoms with Gasteiger partial charge >= 0.3 is 0 Å². The molecule has 30 heteroatoms. The van der Waals surface area contributed by atoms with E-state index in [-0.39, 0.29) is 54.6 Å². The van der Waals surface area contributed by atoms with Gasteiger partial charge in [-0.15, -0.1) is 0 Å². The molecule has 34 atom stereocenters. The van der Waals surface area contributed by atoms with Gasteiger partial charge in [0.2, 0.25) is 0 Å². The van der Waals surface area contributed by atoms with E-state index >= 15 is 19.2 Å². The SMILES string of the molecule is CC1=CC=CC2(C)C=C(CO[C@H]3O[C@H](CO)[C@H](O)[C@H](O)[C@H]3O)C(C)CC23OC([O-])C(C3=O)C(O)C=CC2(C)C=C(C=O)C(C)CC23OC([O-])C(C3=O)C(O)C(C)=CC=CC2C=C(CO[C@H]3O[C@H](CO)[C@H](O)[C@H](O)[C@H]3O)C(C)CC23OC([O-])C(C3=O)C(O)C=CC2(C)C=C(C=O)C(C)CC23OC([O-])C(C3=O)C1O. The second-order valence-corrected chi connectivity index (χ2v) is 31.8. The highest BCUT2D eigenvalue weighted by molar-refractivity contribution is 5.97. The second-order valence-electron chi connectivity index (χ2n) is 31.8. The molecule has 590 valence electrons. The normalized spacial score (nSPS) is 49.1. The van der Waals surface area contributed by atoms with Crippen LogP contribution in [-0.4, -0.2) is 257 Å². The van der Waals surface area contributed by atoms with Crippen molar-refractivity contribution in [3.05, 3.63) is 119 Å². The number of aldehydes is 2. The van der Waals surface area contributed by atoms with Gasteiger partial charge in [0.15, 0.2) is 35.7 Å². The molecule has 0 aromatic rings. The molecule has 0 aromatic carbocycles. The van der Waals surface area contributed by atoms with Crippen molar-refractivity contribution >= 4 is 35.7 Å². The van der Waals surface area contributed by atoms with E-state index in [0.29, 0.717) is 23.7 Å². The first-order chi connectivity index (χ1) is 50.2. The van der Waals surface area contributed by atoms with Crippen LogP contribution in [-0.2, 0) is 66.7 Å². The molecule has 0 radical (unpaired) electrons. The molecule has 4 spiro atoms. The van der Waals surface area contributed by atoms with Gasteiger partial charge in [0.1, 0.15) is 83.8 Å². The van der Waals surface area contributed by atoms with Crippen LogP contribution < -0.4 is 20.4 Å². The predicted octanol–water partition coefficient (Wildman–Crippen LogP) is -4.35. The van der Waals surface area contributed by atoms with Crippen molar-refractivity contribution in [3.63, 3.8) is 0 Å². The first-order valence-corrected chi connectivity index (χ1v) is 36.2. The zero-order valence-corrected chi connectivity index (χ0v) is 60.7. The molecule has 0 saturated carbocycles. The molecular formula is C77H98O30-4. The van der Waals surface area contributed by atoms with Gasteiger partial charge in [0.25, 0.3) is 0 Å². The number of allylic oxidation sites excluding steroid dienone is 6. The maximum absolute atomic E-state index is 15.6. The van der Waals surface area contributed by atoms with Gasteiger partial charge in [-0.2, -0.15) is 0 Å². The van der Waals surface area contributed by atoms with Crippen LogP contribution in [0.5, 0.6) is 0 Å². The number of hydrogen-bond donors (Lipinski definition) is 12. The Hall–Kier alpha value is -5.54. The molecule has 30 nitrogen and oxygen atoms in total. The van der Waals surface area contributed by atoms with Gasteiger partial charge in [-0.05, 0) is 143 Å². The molecule has 12 N–H and O–H groups in total. The fourth-order valence-electron chi connectivity index (χ4n) is 18.1. The minimum Gasteiger partial charge on any atom is -0.830 e. The van der Waals surface area contributed by atoms with E-state index in [2.05, 4.69) is 0 Å². The molecular weight excluding hydrogens is 1400 g/mol. The number of Topliss-reactive ketones (excluding diaryl/α,β-unsaturated/α-hetero) is 4. The molecule has 8 bridgehead atoms. The van der Waals surface area contributed by atoms with E-state index in [9.17, 15) is 91.3 Å². The van der Waals surface area contributed by atoms with Crippen molar-refractivity contribution in [2.75, 3.05) is 26.4 Å². The average Bonchev–Trinajstić information content (AvgIpc) is 1.59. The second kappa shape index (κ2) is 30.9. The summed E-state index contributed by atoms with van der Waals surface area (Å²) in [6.45, 7) is 11.3. The first kappa shape index (κ1) is 82.4. The number of carbonyl (C=O) groups excluding carboxylic acids is 6. The quantitative estimate of drug-likeness (QED) is 0.0727. The molecule has 0 amide bonds. The zero-order valence-electron chi connectivity index (χ0n) is 60.7. The van der Waals surface area contributed by atoms with Crippen molar-refractivity contribution < 1.29 is 148 Å². The van der Waals surface area contributed by atoms with Gasteiger partial charge in [-0.3, -0.25) is 28.8 Å². The van der Waals surface area contributed by atoms with E-state index in [1.807, 2.05) is 0 Å². The van der Waals surface area contributed by atoms with Crippen molar-refractivity contribution in [3.8, 4) is 0 Å². The zero-order chi connectivity index (χ0) is 78.5. The van der Waals surface area contributed by atoms with E-state index in [4.69, 9.17) is 37.9 Å². The summed E-state index contributed by atoms with van der Waals surface area (Å²) in [6, 6.07) is 0. The Morgan fingerprint density at radius 2 is 0.850 bits per heavy atom. The third kappa shape index (κ3) is 13.8. The molecule has 107 heavy (non-hydrogen) atoms. The fraction of sp³-hybridized carbons (Fsp3) is 0.662. The Kier molecular flexibility index (Phi) is 23.8. The highest BCUT2D eigenvalue weighted by Crippen LogP contribution is 2.59. The van der Waals surface area contributed by atoms with Crippen LogP contribution in [0.25, 0.3) is 0 Å². The van der Waals surface area contributed by atoms with E-state index in [1.54, 1.807) is 27.7 Å². The minimum absolute atomic E-state index is 0.0209. The summed E-state index contributed by atoms with van der Waals surface area (Å²) < 4.78 is 48.0. The summed E-state index contributed by atoms with van der Waals surface area (Å²) in [7, 11) is 0. The predicted molar refractivity (Wildman–Crippen MR) is 359 cm³/mol. The van der Waals surface area contributed by atoms with Crippen LogP contribution in [0.3, 0.4) is 0 Å². The molecule has 6 heterocycles. The Morgan fingerprint density at radius 1 is 0.467 bits per heavy atom. The highest BCUT2D eigenvalue weighted by Gasteiger charge is 2.67. The lowest BCUT2D eigenvalue weighted by molar-refractivity contribution is -0.506. The smallest absolute Gasteiger partial charge is 0.187 e. The van der Waals surface area contributed by atoms with Crippen LogP contribution in [0, 0.1) is 69.5 Å². The number of hydrogen-bond acceptors (Lipinski definition) is 30. The lowest BCUT2D eigenvalue weighted by Crippen LogP contribution is -2.59. The van der Waals surface area contributed by atoms with Crippen LogP contribution in [0.4, 0.5) is 0 Å². The van der Waals surface area contributed by atoms with Crippen LogP contribution >= 0.6 is 0 Å². The minimum atomic E-state index is -2.33. The van der Waals surface area contributed by atoms with Crippen LogP contribution in [0.15, 0.2) is 119 Å². The molecule has 6 fully saturated rings. The van der Waals surface area contributed by atoms with E-state index in [1.165, 1.54) is 108 Å². The number of ketones is 4. The Morgan fingerprint density at radius 3 is 1.30 bits per heavy atom. The Balaban J connectivity index is 1.01. The highest BCUT2D eigenvalue weighted by atomic mass is 16.7. The molecule has 11 aliphatic rings. The van der Waals surface area contributed by atoms with Crippen molar-refractivity contribution in [1.82, 2.24) is 0 Å². The summed E-state index contributed by atoms with van der Waals surface area (Å²) in [5.74, 6) is -15.5. The van der Waals surface area contributed by atoms with Gasteiger partial charge in [0.05, 0.1) is 74.5 Å². The molecule has 6 aliphatic heterocycles. The number of fused-ring (bicyclic) bond motifs is 4. The Labute approximate surface area is 617 Å². The number of aliphatic hydroxyl groups excluding tert-OH is 12. The molecule has 11 rings (SSSR count). The van der Waals surface area contributed by atoms with Crippen LogP contribution in [0.1, 0.15) is 88.0 Å². The summed E-state index contributed by atoms with van der Waals surface area (Å²) in [6.07, 6.45) is -15.4. The van der Waals surface area contributed by atoms with Gasteiger partial charge in [-0.1, -0.05) is 113 Å². The largest absolute Gasteiger partial charge is 0.830 e. The summed E-state index contributed by atoms with van der Waals surface area (Å²) >= 11 is 0. The van der Waals surface area contributed by atoms with Crippen molar-refractivity contribution in [2.24, 2.45) is 69.5 Å². The summed E-state index contributed by atoms with van der Waals surface area (Å²) in [4.78, 5) is 87.2. The molecule has 6 saturated heterocycles. The van der Waals surface area contributed by atoms with Gasteiger partial charge in [-0.25, -0.2) is 0 Å². The first-order valence-electron chi connectivity index (χ1n) is 36.2. The summed E-state index contributed by atoms with van der Waals surface area (Å²) in [5, 5.41) is 191. The Bertz CT molecular complexity index is 3750. The number of rotatable bonds is 10. The standard InChI is InChI=1S/C77H98O30/c1-34-12-10-14-44-20-40(32-100-69-59(90)57(88)55(86)47(30-80)102-69)36(3)21-74(44)61(92)49(65(96)104-74)45(82)15-18-72(8)25-41(28-78)38(5)23-77(72)64(95)52(68(99)107-77)54(85)35(2)13-11-17-71(7)27-43(33-101-70-60(91)58(89)56(87)48(31-81)103-70)39(6)24-75(71)62(93)50(66(97)105-75)46(83)16-19-73(9)26-42(29-79)37(4)22-76(73)63(94)51(53(34)84)67(98)106-76/h10-20,25-29,36-39,44-60,65-70,80-91H,21-24,30-33H2,1-9H3/q-4/t36?,37?,38?,39?,44?,45?,46?,47-,48-,49?,50?,51?,52?,53?,54?,55+,56+,57+,58+,59-,60-,65?,66?,67?,68?,69+,70+,71?,72?,73?,74?,75?,76?,77?/m1/s1. The molecule has 5 aliphatic carbocycles. The lowest BCUT2D eigenvalue weighted by atomic mass is 9.59. The molecule has 24 unspecified atom stereocenters. The van der Waals surface area contributed by atoms with Gasteiger partial charge in [0, 0.05) is 22.2 Å². The van der Waals surface area contributed by atoms with Gasteiger partial charge < -0.3 is 120 Å². The third-order valence-corrected chi connectivity index (χ3v) is 24.9. The van der Waals surface area contributed by atoms with E-state index in [0.717, 1.165) is 12.2 Å². The monoisotopic (exact) mass is 1500 g/mol. The maximum Gasteiger partial charge on any atom is 0.187 e. The molecule has 0 aromatic heterocycles. The van der Waals surface area contributed by atoms with Crippen molar-refractivity contribution in [2.45, 2.75) is 221 Å². The van der Waals surface area contributed by atoms with Crippen molar-refractivity contribution in [1.29, 1.82) is 0 Å². The third-order valence-electron chi connectivity index (χ3n) is 24.9. The van der Waals surface area contributed by atoms with Crippen LogP contribution in [0.2, 0.25) is 0 Å². The number of carbonyl (C=O) groups is 6. The summed E-state index contributed by atoms with van der Waals surface area (Å²) in [5.41, 5.74) is -13.1. The fourth-order valence-corrected chi connectivity index (χ4v) is 18.1. The maximum atomic E-state index is 15.6. The lowest BCUT2D eigenvalue weighted by Gasteiger charge is -2.48.